The van der Waals surface area contributed by atoms with Gasteiger partial charge in [0.05, 0.1) is 17.6 Å². The van der Waals surface area contributed by atoms with E-state index < -0.39 is 0 Å². The van der Waals surface area contributed by atoms with Crippen LogP contribution in [-0.4, -0.2) is 22.5 Å². The van der Waals surface area contributed by atoms with Gasteiger partial charge in [0.2, 0.25) is 0 Å². The van der Waals surface area contributed by atoms with Crippen LogP contribution in [0.25, 0.3) is 21.3 Å². The molecule has 33 heavy (non-hydrogen) atoms. The number of benzene rings is 2. The highest BCUT2D eigenvalue weighted by atomic mass is 32.2. The molecule has 0 fully saturated rings. The second-order valence-corrected chi connectivity index (χ2v) is 9.92. The highest BCUT2D eigenvalue weighted by Gasteiger charge is 2.14. The van der Waals surface area contributed by atoms with Gasteiger partial charge < -0.3 is 9.72 Å². The molecule has 170 valence electrons. The van der Waals surface area contributed by atoms with Crippen LogP contribution in [0.1, 0.15) is 54.6 Å². The van der Waals surface area contributed by atoms with Gasteiger partial charge in [-0.3, -0.25) is 4.79 Å². The molecule has 0 atom stereocenters. The molecule has 0 aliphatic carbocycles. The lowest BCUT2D eigenvalue weighted by atomic mass is 9.99. The van der Waals surface area contributed by atoms with Crippen LogP contribution in [0.2, 0.25) is 0 Å². The molecule has 0 bridgehead atoms. The molecule has 0 aliphatic heterocycles. The Morgan fingerprint density at radius 1 is 1.18 bits per heavy atom. The first-order chi connectivity index (χ1) is 16.0. The SMILES string of the molecule is CCCOC(=O)c1cccc(CSc2nc3scc(-c4ccc(C(C)C)cc4)c3c(=O)[nH]2)c1. The molecule has 1 N–H and O–H groups in total. The molecule has 0 unspecified atom stereocenters. The van der Waals surface area contributed by atoms with Crippen LogP contribution in [0.15, 0.2) is 63.9 Å². The Hall–Kier alpha value is -2.90. The molecule has 0 aliphatic rings. The molecule has 0 amide bonds. The van der Waals surface area contributed by atoms with Crippen molar-refractivity contribution in [1.29, 1.82) is 0 Å². The van der Waals surface area contributed by atoms with Gasteiger partial charge in [-0.2, -0.15) is 0 Å². The number of nitrogens with zero attached hydrogens (tertiary/aromatic N) is 1. The number of esters is 1. The molecule has 7 heteroatoms. The van der Waals surface area contributed by atoms with Crippen molar-refractivity contribution in [2.75, 3.05) is 6.61 Å². The van der Waals surface area contributed by atoms with Crippen molar-refractivity contribution in [2.24, 2.45) is 0 Å². The van der Waals surface area contributed by atoms with Crippen LogP contribution in [0.4, 0.5) is 0 Å². The van der Waals surface area contributed by atoms with Crippen molar-refractivity contribution >= 4 is 39.3 Å². The normalized spacial score (nSPS) is 11.3. The number of carbonyl (C=O) groups is 1. The van der Waals surface area contributed by atoms with Crippen LogP contribution >= 0.6 is 23.1 Å². The molecule has 2 heterocycles. The number of H-pyrrole nitrogens is 1. The van der Waals surface area contributed by atoms with Gasteiger partial charge in [0, 0.05) is 16.7 Å². The largest absolute Gasteiger partial charge is 0.462 e. The lowest BCUT2D eigenvalue weighted by molar-refractivity contribution is 0.0505. The summed E-state index contributed by atoms with van der Waals surface area (Å²) in [6.07, 6.45) is 0.788. The first-order valence-corrected chi connectivity index (χ1v) is 12.8. The zero-order valence-corrected chi connectivity index (χ0v) is 20.5. The average molecular weight is 479 g/mol. The zero-order chi connectivity index (χ0) is 23.4. The van der Waals surface area contributed by atoms with E-state index in [-0.39, 0.29) is 11.5 Å². The first kappa shape index (κ1) is 23.3. The molecule has 0 radical (unpaired) electrons. The summed E-state index contributed by atoms with van der Waals surface area (Å²) in [5.41, 5.74) is 4.56. The number of fused-ring (bicyclic) bond motifs is 1. The van der Waals surface area contributed by atoms with Crippen LogP contribution in [0.5, 0.6) is 0 Å². The number of aromatic nitrogens is 2. The summed E-state index contributed by atoms with van der Waals surface area (Å²) in [6.45, 7) is 6.70. The summed E-state index contributed by atoms with van der Waals surface area (Å²) in [5.74, 6) is 0.730. The van der Waals surface area contributed by atoms with E-state index in [1.165, 1.54) is 28.7 Å². The Kier molecular flexibility index (Phi) is 7.30. The molecule has 0 saturated carbocycles. The van der Waals surface area contributed by atoms with Crippen molar-refractivity contribution in [2.45, 2.75) is 44.0 Å². The van der Waals surface area contributed by atoms with E-state index in [1.807, 2.05) is 30.5 Å². The van der Waals surface area contributed by atoms with E-state index in [0.717, 1.165) is 27.9 Å². The maximum absolute atomic E-state index is 12.9. The Balaban J connectivity index is 1.53. The van der Waals surface area contributed by atoms with Crippen LogP contribution in [-0.2, 0) is 10.5 Å². The Bertz CT molecular complexity index is 1320. The number of nitrogens with one attached hydrogen (secondary N) is 1. The Morgan fingerprint density at radius 3 is 2.70 bits per heavy atom. The summed E-state index contributed by atoms with van der Waals surface area (Å²) in [6, 6.07) is 15.7. The third-order valence-electron chi connectivity index (χ3n) is 5.29. The highest BCUT2D eigenvalue weighted by molar-refractivity contribution is 7.98. The topological polar surface area (TPSA) is 72.0 Å². The van der Waals surface area contributed by atoms with Crippen molar-refractivity contribution in [1.82, 2.24) is 9.97 Å². The van der Waals surface area contributed by atoms with E-state index in [2.05, 4.69) is 48.1 Å². The number of thiophene rings is 1. The van der Waals surface area contributed by atoms with Crippen LogP contribution in [0.3, 0.4) is 0 Å². The van der Waals surface area contributed by atoms with Gasteiger partial charge in [-0.1, -0.05) is 68.9 Å². The van der Waals surface area contributed by atoms with Gasteiger partial charge in [-0.15, -0.1) is 11.3 Å². The molecule has 2 aromatic carbocycles. The van der Waals surface area contributed by atoms with E-state index in [9.17, 15) is 9.59 Å². The highest BCUT2D eigenvalue weighted by Crippen LogP contribution is 2.32. The summed E-state index contributed by atoms with van der Waals surface area (Å²) >= 11 is 2.92. The number of thioether (sulfide) groups is 1. The maximum atomic E-state index is 12.9. The molecule has 4 aromatic rings. The van der Waals surface area contributed by atoms with Gasteiger partial charge in [0.25, 0.3) is 5.56 Å². The van der Waals surface area contributed by atoms with E-state index in [1.54, 1.807) is 6.07 Å². The maximum Gasteiger partial charge on any atom is 0.338 e. The minimum atomic E-state index is -0.316. The summed E-state index contributed by atoms with van der Waals surface area (Å²) in [5, 5.41) is 3.19. The van der Waals surface area contributed by atoms with E-state index >= 15 is 0 Å². The molecule has 2 aromatic heterocycles. The molecule has 0 saturated heterocycles. The summed E-state index contributed by atoms with van der Waals surface area (Å²) < 4.78 is 5.21. The summed E-state index contributed by atoms with van der Waals surface area (Å²) in [7, 11) is 0. The van der Waals surface area contributed by atoms with Crippen LogP contribution in [0, 0.1) is 0 Å². The van der Waals surface area contributed by atoms with Crippen molar-refractivity contribution in [3.8, 4) is 11.1 Å². The number of hydrogen-bond acceptors (Lipinski definition) is 6. The minimum absolute atomic E-state index is 0.136. The first-order valence-electron chi connectivity index (χ1n) is 11.0. The van der Waals surface area contributed by atoms with Gasteiger partial charge in [-0.25, -0.2) is 9.78 Å². The number of hydrogen-bond donors (Lipinski definition) is 1. The Morgan fingerprint density at radius 2 is 1.97 bits per heavy atom. The van der Waals surface area contributed by atoms with Crippen molar-refractivity contribution in [3.63, 3.8) is 0 Å². The zero-order valence-electron chi connectivity index (χ0n) is 18.9. The number of carbonyl (C=O) groups excluding carboxylic acids is 1. The average Bonchev–Trinajstić information content (AvgIpc) is 3.26. The quantitative estimate of drug-likeness (QED) is 0.175. The third kappa shape index (κ3) is 5.37. The molecular formula is C26H26N2O3S2. The lowest BCUT2D eigenvalue weighted by Crippen LogP contribution is -2.08. The summed E-state index contributed by atoms with van der Waals surface area (Å²) in [4.78, 5) is 33.3. The lowest BCUT2D eigenvalue weighted by Gasteiger charge is -2.07. The fraction of sp³-hybridized carbons (Fsp3) is 0.269. The van der Waals surface area contributed by atoms with Crippen LogP contribution < -0.4 is 5.56 Å². The van der Waals surface area contributed by atoms with Gasteiger partial charge in [-0.05, 0) is 41.2 Å². The van der Waals surface area contributed by atoms with E-state index in [4.69, 9.17) is 4.74 Å². The Labute approximate surface area is 201 Å². The number of ether oxygens (including phenoxy) is 1. The number of rotatable bonds is 8. The monoisotopic (exact) mass is 478 g/mol. The predicted molar refractivity (Wildman–Crippen MR) is 136 cm³/mol. The molecule has 0 spiro atoms. The van der Waals surface area contributed by atoms with Crippen molar-refractivity contribution in [3.05, 3.63) is 81.0 Å². The second-order valence-electron chi connectivity index (χ2n) is 8.10. The third-order valence-corrected chi connectivity index (χ3v) is 7.10. The van der Waals surface area contributed by atoms with Crippen molar-refractivity contribution < 1.29 is 9.53 Å². The fourth-order valence-corrected chi connectivity index (χ4v) is 5.28. The van der Waals surface area contributed by atoms with Gasteiger partial charge >= 0.3 is 5.97 Å². The smallest absolute Gasteiger partial charge is 0.338 e. The van der Waals surface area contributed by atoms with Gasteiger partial charge in [0.15, 0.2) is 5.16 Å². The van der Waals surface area contributed by atoms with Gasteiger partial charge in [0.1, 0.15) is 4.83 Å². The fourth-order valence-electron chi connectivity index (χ4n) is 3.48. The minimum Gasteiger partial charge on any atom is -0.462 e. The molecule has 5 nitrogen and oxygen atoms in total. The van der Waals surface area contributed by atoms with E-state index in [0.29, 0.717) is 34.4 Å². The standard InChI is InChI=1S/C26H26N2O3S2/c1-4-12-31-25(30)20-7-5-6-17(13-20)14-33-26-27-23(29)22-21(15-32-24(22)28-26)19-10-8-18(9-11-19)16(2)3/h5-11,13,15-16H,4,12,14H2,1-3H3,(H,27,28,29). The molecular weight excluding hydrogens is 452 g/mol. The second kappa shape index (κ2) is 10.4. The number of aromatic amines is 1. The molecule has 4 rings (SSSR count). The predicted octanol–water partition coefficient (Wildman–Crippen LogP) is 6.63.